The highest BCUT2D eigenvalue weighted by molar-refractivity contribution is 7.97. The number of amides is 2. The number of benzene rings is 2. The van der Waals surface area contributed by atoms with Gasteiger partial charge in [-0.15, -0.1) is 0 Å². The maximum atomic E-state index is 13.6. The molecule has 3 aromatic rings. The van der Waals surface area contributed by atoms with Crippen molar-refractivity contribution in [2.45, 2.75) is 82.5 Å². The third-order valence-corrected chi connectivity index (χ3v) is 10.1. The Kier molecular flexibility index (Phi) is 11.6. The van der Waals surface area contributed by atoms with Crippen LogP contribution in [0, 0.1) is 13.8 Å². The Morgan fingerprint density at radius 3 is 2.33 bits per heavy atom. The standard InChI is InChI=1S/C35H46N4O6S/c1-24-10-9-11-25(2)33(24)45-23-32(41)37-29(20-26-12-7-6-8-13-26)31(40)22-39-19-16-28(21-30(39)34(42)38-35(3,4)5)46(43,44)27-14-17-36-18-15-27/h6-15,17-18,29-31,40H,16,19-23H2,1-5H3,(H,37,41)(H,38,42)(H,43,44)/t29-,30-,31+/m0/s1. The van der Waals surface area contributed by atoms with Gasteiger partial charge >= 0.3 is 0 Å². The van der Waals surface area contributed by atoms with E-state index in [0.29, 0.717) is 17.0 Å². The van der Waals surface area contributed by atoms with E-state index in [9.17, 15) is 23.5 Å². The maximum absolute atomic E-state index is 13.6. The first-order valence-corrected chi connectivity index (χ1v) is 17.0. The average molecular weight is 651 g/mol. The molecule has 1 saturated heterocycles. The molecule has 0 radical (unpaired) electrons. The van der Waals surface area contributed by atoms with Crippen LogP contribution in [0.5, 0.6) is 5.75 Å². The lowest BCUT2D eigenvalue weighted by Crippen LogP contribution is -2.59. The number of carbonyl (C=O) groups is 2. The lowest BCUT2D eigenvalue weighted by molar-refractivity contribution is -0.129. The van der Waals surface area contributed by atoms with Gasteiger partial charge in [-0.25, -0.2) is 4.21 Å². The quantitative estimate of drug-likeness (QED) is 0.231. The summed E-state index contributed by atoms with van der Waals surface area (Å²) >= 11 is 0. The minimum atomic E-state index is -3.55. The van der Waals surface area contributed by atoms with Crippen molar-refractivity contribution in [3.8, 4) is 5.75 Å². The van der Waals surface area contributed by atoms with Gasteiger partial charge in [0.2, 0.25) is 5.91 Å². The minimum absolute atomic E-state index is 0.0472. The number of likely N-dealkylation sites (tertiary alicyclic amines) is 1. The number of piperidine rings is 1. The van der Waals surface area contributed by atoms with E-state index in [1.807, 2.05) is 88.0 Å². The fraction of sp³-hybridized carbons (Fsp3) is 0.429. The summed E-state index contributed by atoms with van der Waals surface area (Å²) in [7, 11) is -3.55. The number of aryl methyl sites for hydroxylation is 2. The van der Waals surface area contributed by atoms with Gasteiger partial charge in [-0.1, -0.05) is 48.5 Å². The topological polar surface area (TPSA) is 141 Å². The van der Waals surface area contributed by atoms with Crippen molar-refractivity contribution in [3.63, 3.8) is 0 Å². The monoisotopic (exact) mass is 650 g/mol. The highest BCUT2D eigenvalue weighted by Gasteiger charge is 2.37. The van der Waals surface area contributed by atoms with Crippen LogP contribution >= 0.6 is 0 Å². The summed E-state index contributed by atoms with van der Waals surface area (Å²) in [5.74, 6) is -0.0260. The van der Waals surface area contributed by atoms with Crippen LogP contribution in [-0.4, -0.2) is 83.9 Å². The van der Waals surface area contributed by atoms with Crippen LogP contribution in [0.4, 0.5) is 0 Å². The number of pyridine rings is 1. The van der Waals surface area contributed by atoms with Gasteiger partial charge in [-0.3, -0.25) is 19.5 Å². The third kappa shape index (κ3) is 9.38. The largest absolute Gasteiger partial charge is 0.483 e. The number of hydrogen-bond acceptors (Lipinski definition) is 7. The number of rotatable bonds is 11. The molecule has 4 rings (SSSR count). The van der Waals surface area contributed by atoms with Gasteiger partial charge in [0, 0.05) is 42.3 Å². The van der Waals surface area contributed by atoms with Gasteiger partial charge in [-0.05, 0) is 76.3 Å². The van der Waals surface area contributed by atoms with Crippen molar-refractivity contribution in [1.29, 1.82) is 0 Å². The first-order valence-electron chi connectivity index (χ1n) is 15.5. The molecule has 0 bridgehead atoms. The lowest BCUT2D eigenvalue weighted by atomic mass is 9.96. The summed E-state index contributed by atoms with van der Waals surface area (Å²) in [5, 5.41) is 17.6. The van der Waals surface area contributed by atoms with Crippen LogP contribution in [0.3, 0.4) is 0 Å². The fourth-order valence-electron chi connectivity index (χ4n) is 5.67. The molecule has 4 N–H and O–H groups in total. The van der Waals surface area contributed by atoms with Crippen molar-refractivity contribution in [1.82, 2.24) is 20.5 Å². The predicted octanol–water partition coefficient (Wildman–Crippen LogP) is 3.53. The molecule has 1 unspecified atom stereocenters. The van der Waals surface area contributed by atoms with E-state index < -0.39 is 33.5 Å². The van der Waals surface area contributed by atoms with Gasteiger partial charge in [0.1, 0.15) is 15.6 Å². The molecular formula is C35H46N4O6S. The van der Waals surface area contributed by atoms with Crippen molar-refractivity contribution >= 4 is 26.5 Å². The summed E-state index contributed by atoms with van der Waals surface area (Å²) < 4.78 is 30.6. The summed E-state index contributed by atoms with van der Waals surface area (Å²) in [6, 6.07) is 16.9. The van der Waals surface area contributed by atoms with Gasteiger partial charge in [0.15, 0.2) is 6.61 Å². The van der Waals surface area contributed by atoms with E-state index >= 15 is 0 Å². The molecule has 46 heavy (non-hydrogen) atoms. The minimum Gasteiger partial charge on any atom is -0.483 e. The Hall–Kier alpha value is -3.77. The second-order valence-corrected chi connectivity index (χ2v) is 15.0. The molecule has 11 heteroatoms. The van der Waals surface area contributed by atoms with Crippen LogP contribution in [0.15, 0.2) is 78.0 Å². The molecule has 4 atom stereocenters. The van der Waals surface area contributed by atoms with Gasteiger partial charge in [0.05, 0.1) is 23.1 Å². The van der Waals surface area contributed by atoms with E-state index in [1.54, 1.807) is 0 Å². The average Bonchev–Trinajstić information content (AvgIpc) is 3.00. The number of aliphatic hydroxyl groups excluding tert-OH is 1. The first kappa shape index (κ1) is 35.1. The number of β-amino-alcohol motifs (C(OH)–C–C–N with tert-alkyl or cyclic N) is 1. The van der Waals surface area contributed by atoms with E-state index in [1.165, 1.54) is 24.5 Å². The molecule has 10 nitrogen and oxygen atoms in total. The zero-order valence-corrected chi connectivity index (χ0v) is 28.0. The number of aliphatic hydroxyl groups is 1. The van der Waals surface area contributed by atoms with Crippen LogP contribution in [0.1, 0.15) is 50.3 Å². The molecule has 248 valence electrons. The molecule has 1 aliphatic rings. The molecule has 2 heterocycles. The van der Waals surface area contributed by atoms with Crippen molar-refractivity contribution < 1.29 is 28.2 Å². The fourth-order valence-corrected chi connectivity index (χ4v) is 7.25. The van der Waals surface area contributed by atoms with Crippen LogP contribution in [0.25, 0.3) is 0 Å². The van der Waals surface area contributed by atoms with E-state index in [0.717, 1.165) is 16.7 Å². The number of aromatic nitrogens is 1. The van der Waals surface area contributed by atoms with Crippen LogP contribution in [-0.2, 0) is 25.8 Å². The Labute approximate surface area is 272 Å². The van der Waals surface area contributed by atoms with E-state index in [-0.39, 0.29) is 49.2 Å². The predicted molar refractivity (Wildman–Crippen MR) is 180 cm³/mol. The highest BCUT2D eigenvalue weighted by Crippen LogP contribution is 2.24. The highest BCUT2D eigenvalue weighted by atomic mass is 32.2. The Bertz CT molecular complexity index is 1600. The summed E-state index contributed by atoms with van der Waals surface area (Å²) in [6.45, 7) is 9.57. The maximum Gasteiger partial charge on any atom is 0.258 e. The zero-order valence-electron chi connectivity index (χ0n) is 27.2. The number of nitrogens with zero attached hydrogens (tertiary/aromatic N) is 2. The number of para-hydroxylation sites is 1. The molecule has 1 aromatic heterocycles. The van der Waals surface area contributed by atoms with Gasteiger partial charge < -0.3 is 25.0 Å². The molecule has 0 saturated carbocycles. The molecule has 0 spiro atoms. The van der Waals surface area contributed by atoms with Gasteiger partial charge in [-0.2, -0.15) is 0 Å². The Morgan fingerprint density at radius 2 is 1.70 bits per heavy atom. The number of carbonyl (C=O) groups excluding carboxylic acids is 2. The van der Waals surface area contributed by atoms with Crippen molar-refractivity contribution in [2.24, 2.45) is 0 Å². The molecule has 2 amide bonds. The number of ether oxygens (including phenoxy) is 1. The second-order valence-electron chi connectivity index (χ2n) is 12.9. The molecule has 1 aliphatic heterocycles. The zero-order chi connectivity index (χ0) is 33.5. The Morgan fingerprint density at radius 1 is 1.04 bits per heavy atom. The van der Waals surface area contributed by atoms with Crippen LogP contribution < -0.4 is 15.4 Å². The third-order valence-electron chi connectivity index (χ3n) is 7.99. The normalized spacial score (nSPS) is 18.2. The van der Waals surface area contributed by atoms with Crippen LogP contribution in [0.2, 0.25) is 0 Å². The second kappa shape index (κ2) is 15.2. The number of hydrogen-bond donors (Lipinski definition) is 4. The van der Waals surface area contributed by atoms with Gasteiger partial charge in [0.25, 0.3) is 5.91 Å². The molecular weight excluding hydrogens is 604 g/mol. The molecule has 2 aromatic carbocycles. The summed E-state index contributed by atoms with van der Waals surface area (Å²) in [5.41, 5.74) is 2.23. The molecule has 0 aliphatic carbocycles. The van der Waals surface area contributed by atoms with E-state index in [2.05, 4.69) is 15.6 Å². The number of nitrogens with one attached hydrogen (secondary N) is 2. The lowest BCUT2D eigenvalue weighted by Gasteiger charge is -2.39. The van der Waals surface area contributed by atoms with Crippen molar-refractivity contribution in [3.05, 3.63) is 89.7 Å². The van der Waals surface area contributed by atoms with E-state index in [4.69, 9.17) is 4.74 Å². The first-order chi connectivity index (χ1) is 21.7. The SMILES string of the molecule is Cc1cccc(C)c1OCC(=O)N[C@@H](Cc1ccccc1)[C@H](O)CN1CCC(=S(=O)(O)c2ccncc2)C[C@H]1C(=O)NC(C)(C)C. The molecule has 1 fully saturated rings. The summed E-state index contributed by atoms with van der Waals surface area (Å²) in [6.07, 6.45) is 2.54. The summed E-state index contributed by atoms with van der Waals surface area (Å²) in [4.78, 5) is 33.2. The smallest absolute Gasteiger partial charge is 0.258 e. The Balaban J connectivity index is 1.56. The van der Waals surface area contributed by atoms with Crippen molar-refractivity contribution in [2.75, 3.05) is 19.7 Å².